The minimum absolute atomic E-state index is 0.239. The van der Waals surface area contributed by atoms with Gasteiger partial charge in [-0.3, -0.25) is 10.1 Å². The lowest BCUT2D eigenvalue weighted by Gasteiger charge is -2.08. The van der Waals surface area contributed by atoms with Gasteiger partial charge in [0.05, 0.1) is 19.8 Å². The highest BCUT2D eigenvalue weighted by molar-refractivity contribution is 7.15. The average molecular weight is 394 g/mol. The second kappa shape index (κ2) is 7.74. The van der Waals surface area contributed by atoms with Crippen LogP contribution in [0.1, 0.15) is 20.8 Å². The van der Waals surface area contributed by atoms with Crippen LogP contribution in [0.15, 0.2) is 59.3 Å². The number of carbonyl (C=O) groups is 1. The summed E-state index contributed by atoms with van der Waals surface area (Å²) in [6, 6.07) is 13.2. The van der Waals surface area contributed by atoms with Crippen molar-refractivity contribution in [2.24, 2.45) is 0 Å². The van der Waals surface area contributed by atoms with Crippen molar-refractivity contribution in [2.45, 2.75) is 6.42 Å². The molecule has 0 aliphatic rings. The second-order valence-electron chi connectivity index (χ2n) is 6.10. The maximum atomic E-state index is 12.6. The first-order chi connectivity index (χ1) is 13.7. The van der Waals surface area contributed by atoms with E-state index in [2.05, 4.69) is 10.3 Å². The molecule has 6 nitrogen and oxygen atoms in total. The molecule has 2 aromatic heterocycles. The highest BCUT2D eigenvalue weighted by Gasteiger charge is 2.15. The molecule has 2 heterocycles. The van der Waals surface area contributed by atoms with Crippen LogP contribution in [0.25, 0.3) is 11.0 Å². The van der Waals surface area contributed by atoms with Crippen LogP contribution in [-0.2, 0) is 6.42 Å². The van der Waals surface area contributed by atoms with Gasteiger partial charge in [0.2, 0.25) is 0 Å². The molecule has 2 aromatic carbocycles. The summed E-state index contributed by atoms with van der Waals surface area (Å²) in [6.45, 7) is 0. The molecule has 4 rings (SSSR count). The van der Waals surface area contributed by atoms with Crippen molar-refractivity contribution in [1.82, 2.24) is 4.98 Å². The van der Waals surface area contributed by atoms with E-state index in [0.717, 1.165) is 15.8 Å². The van der Waals surface area contributed by atoms with Gasteiger partial charge in [0.15, 0.2) is 16.6 Å². The van der Waals surface area contributed by atoms with E-state index in [4.69, 9.17) is 13.9 Å². The maximum Gasteiger partial charge on any atom is 0.261 e. The zero-order valence-electron chi connectivity index (χ0n) is 15.4. The van der Waals surface area contributed by atoms with Crippen LogP contribution in [0.2, 0.25) is 0 Å². The number of thiazole rings is 1. The highest BCUT2D eigenvalue weighted by Crippen LogP contribution is 2.30. The van der Waals surface area contributed by atoms with E-state index < -0.39 is 0 Å². The number of amides is 1. The molecule has 0 radical (unpaired) electrons. The van der Waals surface area contributed by atoms with Crippen molar-refractivity contribution in [3.05, 3.63) is 70.9 Å². The number of nitrogens with one attached hydrogen (secondary N) is 1. The van der Waals surface area contributed by atoms with Crippen LogP contribution in [0, 0.1) is 0 Å². The summed E-state index contributed by atoms with van der Waals surface area (Å²) >= 11 is 1.44. The van der Waals surface area contributed by atoms with E-state index in [1.165, 1.54) is 17.6 Å². The van der Waals surface area contributed by atoms with Crippen molar-refractivity contribution < 1.29 is 18.7 Å². The molecular weight excluding hydrogens is 376 g/mol. The Morgan fingerprint density at radius 2 is 1.96 bits per heavy atom. The number of nitrogens with zero attached hydrogens (tertiary/aromatic N) is 1. The number of furan rings is 1. The number of ether oxygens (including phenoxy) is 2. The van der Waals surface area contributed by atoms with Crippen molar-refractivity contribution in [3.8, 4) is 11.5 Å². The summed E-state index contributed by atoms with van der Waals surface area (Å²) in [5.41, 5.74) is 2.24. The zero-order valence-corrected chi connectivity index (χ0v) is 16.2. The normalized spacial score (nSPS) is 10.8. The van der Waals surface area contributed by atoms with E-state index in [1.54, 1.807) is 20.4 Å². The van der Waals surface area contributed by atoms with Gasteiger partial charge >= 0.3 is 0 Å². The van der Waals surface area contributed by atoms with Crippen molar-refractivity contribution >= 4 is 33.3 Å². The molecule has 0 fully saturated rings. The van der Waals surface area contributed by atoms with Crippen LogP contribution in [-0.4, -0.2) is 25.1 Å². The van der Waals surface area contributed by atoms with Gasteiger partial charge in [0.1, 0.15) is 11.8 Å². The number of hydrogen-bond donors (Lipinski definition) is 1. The van der Waals surface area contributed by atoms with Crippen LogP contribution in [0.4, 0.5) is 5.13 Å². The van der Waals surface area contributed by atoms with Gasteiger partial charge in [0.25, 0.3) is 5.91 Å². The highest BCUT2D eigenvalue weighted by atomic mass is 32.1. The van der Waals surface area contributed by atoms with Crippen LogP contribution in [0.5, 0.6) is 11.5 Å². The summed E-state index contributed by atoms with van der Waals surface area (Å²) in [5, 5.41) is 4.17. The van der Waals surface area contributed by atoms with Gasteiger partial charge in [-0.1, -0.05) is 24.3 Å². The third-order valence-corrected chi connectivity index (χ3v) is 5.24. The van der Waals surface area contributed by atoms with E-state index in [1.807, 2.05) is 42.5 Å². The Morgan fingerprint density at radius 1 is 1.14 bits per heavy atom. The van der Waals surface area contributed by atoms with Crippen molar-refractivity contribution in [3.63, 3.8) is 0 Å². The summed E-state index contributed by atoms with van der Waals surface area (Å²) < 4.78 is 16.0. The Bertz CT molecular complexity index is 1130. The smallest absolute Gasteiger partial charge is 0.261 e. The average Bonchev–Trinajstić information content (AvgIpc) is 3.34. The number of anilines is 1. The third kappa shape index (κ3) is 3.57. The van der Waals surface area contributed by atoms with Gasteiger partial charge < -0.3 is 13.9 Å². The van der Waals surface area contributed by atoms with Crippen LogP contribution in [0.3, 0.4) is 0 Å². The van der Waals surface area contributed by atoms with E-state index in [0.29, 0.717) is 34.2 Å². The number of rotatable bonds is 6. The molecule has 0 unspecified atom stereocenters. The molecule has 0 aliphatic heterocycles. The molecule has 7 heteroatoms. The number of carbonyl (C=O) groups excluding carboxylic acids is 1. The SMILES string of the molecule is COc1ccc(Cc2cnc(NC(=O)c3coc4ccccc34)s2)cc1OC. The Labute approximate surface area is 165 Å². The Morgan fingerprint density at radius 3 is 2.79 bits per heavy atom. The van der Waals surface area contributed by atoms with Gasteiger partial charge in [0, 0.05) is 22.9 Å². The van der Waals surface area contributed by atoms with Gasteiger partial charge in [-0.25, -0.2) is 4.98 Å². The van der Waals surface area contributed by atoms with E-state index in [-0.39, 0.29) is 5.91 Å². The largest absolute Gasteiger partial charge is 0.493 e. The molecule has 142 valence electrons. The number of benzene rings is 2. The lowest BCUT2D eigenvalue weighted by molar-refractivity contribution is 0.102. The summed E-state index contributed by atoms with van der Waals surface area (Å²) in [4.78, 5) is 17.9. The second-order valence-corrected chi connectivity index (χ2v) is 7.21. The Hall–Kier alpha value is -3.32. The molecule has 1 amide bonds. The first kappa shape index (κ1) is 18.1. The number of aromatic nitrogens is 1. The summed E-state index contributed by atoms with van der Waals surface area (Å²) in [5.74, 6) is 1.14. The first-order valence-corrected chi connectivity index (χ1v) is 9.43. The molecule has 0 atom stereocenters. The molecule has 4 aromatic rings. The lowest BCUT2D eigenvalue weighted by atomic mass is 10.1. The summed E-state index contributed by atoms with van der Waals surface area (Å²) in [6.07, 6.45) is 3.92. The summed E-state index contributed by atoms with van der Waals surface area (Å²) in [7, 11) is 3.22. The maximum absolute atomic E-state index is 12.6. The number of hydrogen-bond acceptors (Lipinski definition) is 6. The quantitative estimate of drug-likeness (QED) is 0.511. The zero-order chi connectivity index (χ0) is 19.5. The fraction of sp³-hybridized carbons (Fsp3) is 0.143. The molecule has 0 saturated heterocycles. The molecule has 0 spiro atoms. The Kier molecular flexibility index (Phi) is 4.99. The Balaban J connectivity index is 1.48. The molecule has 0 saturated carbocycles. The van der Waals surface area contributed by atoms with Crippen LogP contribution >= 0.6 is 11.3 Å². The van der Waals surface area contributed by atoms with Crippen LogP contribution < -0.4 is 14.8 Å². The predicted molar refractivity (Wildman–Crippen MR) is 109 cm³/mol. The minimum Gasteiger partial charge on any atom is -0.493 e. The fourth-order valence-corrected chi connectivity index (χ4v) is 3.80. The van der Waals surface area contributed by atoms with Crippen molar-refractivity contribution in [1.29, 1.82) is 0 Å². The van der Waals surface area contributed by atoms with Gasteiger partial charge in [-0.15, -0.1) is 11.3 Å². The van der Waals surface area contributed by atoms with Gasteiger partial charge in [-0.05, 0) is 23.8 Å². The van der Waals surface area contributed by atoms with E-state index in [9.17, 15) is 4.79 Å². The molecule has 0 bridgehead atoms. The molecule has 1 N–H and O–H groups in total. The number of para-hydroxylation sites is 1. The van der Waals surface area contributed by atoms with Crippen molar-refractivity contribution in [2.75, 3.05) is 19.5 Å². The monoisotopic (exact) mass is 394 g/mol. The topological polar surface area (TPSA) is 73.6 Å². The number of methoxy groups -OCH3 is 2. The standard InChI is InChI=1S/C21H18N2O4S/c1-25-18-8-7-13(10-19(18)26-2)9-14-11-22-21(28-14)23-20(24)16-12-27-17-6-4-3-5-15(16)17/h3-8,10-12H,9H2,1-2H3,(H,22,23,24). The lowest BCUT2D eigenvalue weighted by Crippen LogP contribution is -2.10. The third-order valence-electron chi connectivity index (χ3n) is 4.33. The molecule has 28 heavy (non-hydrogen) atoms. The molecular formula is C21H18N2O4S. The minimum atomic E-state index is -0.239. The predicted octanol–water partition coefficient (Wildman–Crippen LogP) is 4.75. The van der Waals surface area contributed by atoms with Gasteiger partial charge in [-0.2, -0.15) is 0 Å². The first-order valence-electron chi connectivity index (χ1n) is 8.61. The molecule has 0 aliphatic carbocycles. The van der Waals surface area contributed by atoms with E-state index >= 15 is 0 Å². The fourth-order valence-electron chi connectivity index (χ4n) is 2.96. The number of fused-ring (bicyclic) bond motifs is 1.